The molecule has 5 nitrogen and oxygen atoms in total. The third-order valence-electron chi connectivity index (χ3n) is 5.92. The molecule has 0 unspecified atom stereocenters. The summed E-state index contributed by atoms with van der Waals surface area (Å²) in [5.74, 6) is -0.0684. The number of aryl methyl sites for hydroxylation is 2. The van der Waals surface area contributed by atoms with Gasteiger partial charge in [0.15, 0.2) is 0 Å². The van der Waals surface area contributed by atoms with Crippen LogP contribution in [0.15, 0.2) is 60.8 Å². The highest BCUT2D eigenvalue weighted by Gasteiger charge is 2.17. The predicted octanol–water partition coefficient (Wildman–Crippen LogP) is 5.01. The molecule has 154 valence electrons. The van der Waals surface area contributed by atoms with Crippen molar-refractivity contribution in [2.45, 2.75) is 46.8 Å². The molecule has 2 aromatic heterocycles. The minimum atomic E-state index is -0.110. The van der Waals surface area contributed by atoms with E-state index in [9.17, 15) is 4.79 Å². The molecule has 0 aliphatic rings. The zero-order valence-corrected chi connectivity index (χ0v) is 18.0. The molecular formula is C25H28N4O. The molecule has 1 amide bonds. The minimum absolute atomic E-state index is 0.0684. The van der Waals surface area contributed by atoms with Gasteiger partial charge in [-0.2, -0.15) is 5.10 Å². The van der Waals surface area contributed by atoms with Crippen molar-refractivity contribution in [3.05, 3.63) is 88.9 Å². The van der Waals surface area contributed by atoms with E-state index in [-0.39, 0.29) is 11.9 Å². The molecule has 2 aromatic carbocycles. The fourth-order valence-electron chi connectivity index (χ4n) is 4.09. The van der Waals surface area contributed by atoms with E-state index >= 15 is 0 Å². The number of carbonyl (C=O) groups excluding carboxylic acids is 1. The Kier molecular flexibility index (Phi) is 5.44. The van der Waals surface area contributed by atoms with Gasteiger partial charge in [-0.1, -0.05) is 30.3 Å². The van der Waals surface area contributed by atoms with E-state index in [1.54, 1.807) is 6.20 Å². The summed E-state index contributed by atoms with van der Waals surface area (Å²) in [6.07, 6.45) is 1.77. The Morgan fingerprint density at radius 3 is 2.60 bits per heavy atom. The number of aromatic nitrogens is 3. The number of fused-ring (bicyclic) bond motifs is 1. The molecule has 0 saturated carbocycles. The van der Waals surface area contributed by atoms with Crippen molar-refractivity contribution in [2.75, 3.05) is 0 Å². The summed E-state index contributed by atoms with van der Waals surface area (Å²) in [6.45, 7) is 9.91. The lowest BCUT2D eigenvalue weighted by molar-refractivity contribution is 0.0938. The average molecular weight is 401 g/mol. The molecule has 1 N–H and O–H groups in total. The Balaban J connectivity index is 1.62. The highest BCUT2D eigenvalue weighted by molar-refractivity contribution is 5.99. The molecule has 0 saturated heterocycles. The SMILES string of the molecule is CCn1nccc1[C@@H](C)NC(=O)c1ccc2c(c1)c(C)c(C)n2Cc1ccccc1. The van der Waals surface area contributed by atoms with Crippen molar-refractivity contribution in [2.24, 2.45) is 0 Å². The molecule has 5 heteroatoms. The predicted molar refractivity (Wildman–Crippen MR) is 121 cm³/mol. The Hall–Kier alpha value is -3.34. The zero-order chi connectivity index (χ0) is 21.3. The van der Waals surface area contributed by atoms with Crippen LogP contribution in [0.25, 0.3) is 10.9 Å². The van der Waals surface area contributed by atoms with Crippen LogP contribution < -0.4 is 5.32 Å². The van der Waals surface area contributed by atoms with Gasteiger partial charge in [0.2, 0.25) is 0 Å². The van der Waals surface area contributed by atoms with E-state index in [0.717, 1.165) is 29.7 Å². The lowest BCUT2D eigenvalue weighted by Crippen LogP contribution is -2.28. The summed E-state index contributed by atoms with van der Waals surface area (Å²) in [7, 11) is 0. The van der Waals surface area contributed by atoms with E-state index < -0.39 is 0 Å². The van der Waals surface area contributed by atoms with Crippen LogP contribution in [0.1, 0.15) is 52.8 Å². The van der Waals surface area contributed by atoms with Crippen LogP contribution in [0.4, 0.5) is 0 Å². The minimum Gasteiger partial charge on any atom is -0.344 e. The molecule has 4 rings (SSSR count). The topological polar surface area (TPSA) is 51.9 Å². The molecule has 4 aromatic rings. The Morgan fingerprint density at radius 1 is 1.10 bits per heavy atom. The maximum absolute atomic E-state index is 12.9. The van der Waals surface area contributed by atoms with Gasteiger partial charge in [0.1, 0.15) is 0 Å². The van der Waals surface area contributed by atoms with Crippen LogP contribution >= 0.6 is 0 Å². The van der Waals surface area contributed by atoms with E-state index in [2.05, 4.69) is 59.2 Å². The molecule has 2 heterocycles. The van der Waals surface area contributed by atoms with Gasteiger partial charge in [-0.3, -0.25) is 9.48 Å². The Labute approximate surface area is 177 Å². The first-order valence-electron chi connectivity index (χ1n) is 10.5. The van der Waals surface area contributed by atoms with E-state index in [4.69, 9.17) is 0 Å². The molecule has 0 aliphatic carbocycles. The van der Waals surface area contributed by atoms with Crippen LogP contribution in [-0.4, -0.2) is 20.3 Å². The fourth-order valence-corrected chi connectivity index (χ4v) is 4.09. The Bertz CT molecular complexity index is 1190. The molecule has 0 aliphatic heterocycles. The molecular weight excluding hydrogens is 372 g/mol. The zero-order valence-electron chi connectivity index (χ0n) is 18.0. The van der Waals surface area contributed by atoms with E-state index in [1.165, 1.54) is 16.8 Å². The maximum atomic E-state index is 12.9. The largest absolute Gasteiger partial charge is 0.344 e. The first-order chi connectivity index (χ1) is 14.5. The van der Waals surface area contributed by atoms with Crippen LogP contribution in [-0.2, 0) is 13.1 Å². The van der Waals surface area contributed by atoms with E-state index in [1.807, 2.05) is 42.8 Å². The van der Waals surface area contributed by atoms with Crippen LogP contribution in [0.3, 0.4) is 0 Å². The smallest absolute Gasteiger partial charge is 0.251 e. The van der Waals surface area contributed by atoms with Gasteiger partial charge >= 0.3 is 0 Å². The first-order valence-corrected chi connectivity index (χ1v) is 10.5. The van der Waals surface area contributed by atoms with Crippen LogP contribution in [0.5, 0.6) is 0 Å². The second-order valence-corrected chi connectivity index (χ2v) is 7.78. The number of nitrogens with one attached hydrogen (secondary N) is 1. The molecule has 0 radical (unpaired) electrons. The summed E-state index contributed by atoms with van der Waals surface area (Å²) in [4.78, 5) is 12.9. The summed E-state index contributed by atoms with van der Waals surface area (Å²) >= 11 is 0. The number of hydrogen-bond acceptors (Lipinski definition) is 2. The van der Waals surface area contributed by atoms with Crippen molar-refractivity contribution in [1.29, 1.82) is 0 Å². The Morgan fingerprint density at radius 2 is 1.87 bits per heavy atom. The monoisotopic (exact) mass is 400 g/mol. The first kappa shape index (κ1) is 20.0. The van der Waals surface area contributed by atoms with Crippen LogP contribution in [0.2, 0.25) is 0 Å². The van der Waals surface area contributed by atoms with Gasteiger partial charge in [-0.15, -0.1) is 0 Å². The molecule has 30 heavy (non-hydrogen) atoms. The van der Waals surface area contributed by atoms with Gasteiger partial charge in [0.05, 0.1) is 11.7 Å². The van der Waals surface area contributed by atoms with Gasteiger partial charge in [-0.25, -0.2) is 0 Å². The standard InChI is InChI=1S/C25H28N4O/c1-5-29-23(13-14-26-29)18(3)27-25(30)21-11-12-24-22(15-21)17(2)19(4)28(24)16-20-9-7-6-8-10-20/h6-15,18H,5,16H2,1-4H3,(H,27,30)/t18-/m1/s1. The number of rotatable bonds is 6. The van der Waals surface area contributed by atoms with Gasteiger partial charge in [0, 0.05) is 41.4 Å². The average Bonchev–Trinajstić information content (AvgIpc) is 3.33. The number of amides is 1. The highest BCUT2D eigenvalue weighted by Crippen LogP contribution is 2.27. The summed E-state index contributed by atoms with van der Waals surface area (Å²) < 4.78 is 4.23. The third-order valence-corrected chi connectivity index (χ3v) is 5.92. The summed E-state index contributed by atoms with van der Waals surface area (Å²) in [5.41, 5.74) is 6.55. The van der Waals surface area contributed by atoms with Gasteiger partial charge in [0.25, 0.3) is 5.91 Å². The summed E-state index contributed by atoms with van der Waals surface area (Å²) in [6, 6.07) is 18.3. The second kappa shape index (κ2) is 8.19. The summed E-state index contributed by atoms with van der Waals surface area (Å²) in [5, 5.41) is 8.54. The van der Waals surface area contributed by atoms with Crippen molar-refractivity contribution in [1.82, 2.24) is 19.7 Å². The number of hydrogen-bond donors (Lipinski definition) is 1. The third kappa shape index (κ3) is 3.63. The lowest BCUT2D eigenvalue weighted by Gasteiger charge is -2.15. The molecule has 0 fully saturated rings. The van der Waals surface area contributed by atoms with Crippen molar-refractivity contribution >= 4 is 16.8 Å². The highest BCUT2D eigenvalue weighted by atomic mass is 16.1. The molecule has 0 bridgehead atoms. The molecule has 1 atom stereocenters. The van der Waals surface area contributed by atoms with Crippen LogP contribution in [0, 0.1) is 13.8 Å². The maximum Gasteiger partial charge on any atom is 0.251 e. The van der Waals surface area contributed by atoms with Crippen molar-refractivity contribution < 1.29 is 4.79 Å². The normalized spacial score (nSPS) is 12.3. The quantitative estimate of drug-likeness (QED) is 0.494. The van der Waals surface area contributed by atoms with E-state index in [0.29, 0.717) is 5.56 Å². The van der Waals surface area contributed by atoms with Crippen molar-refractivity contribution in [3.63, 3.8) is 0 Å². The van der Waals surface area contributed by atoms with Crippen molar-refractivity contribution in [3.8, 4) is 0 Å². The van der Waals surface area contributed by atoms with Gasteiger partial charge < -0.3 is 9.88 Å². The fraction of sp³-hybridized carbons (Fsp3) is 0.280. The number of carbonyl (C=O) groups is 1. The lowest BCUT2D eigenvalue weighted by atomic mass is 10.1. The second-order valence-electron chi connectivity index (χ2n) is 7.78. The number of nitrogens with zero attached hydrogens (tertiary/aromatic N) is 3. The molecule has 0 spiro atoms. The number of benzene rings is 2. The van der Waals surface area contributed by atoms with Gasteiger partial charge in [-0.05, 0) is 63.1 Å².